The van der Waals surface area contributed by atoms with Crippen molar-refractivity contribution in [1.29, 1.82) is 0 Å². The normalized spacial score (nSPS) is 13.3. The molecular weight excluding hydrogens is 254 g/mol. The van der Waals surface area contributed by atoms with Crippen LogP contribution in [0.3, 0.4) is 0 Å². The molecule has 15 heavy (non-hydrogen) atoms. The largest absolute Gasteiger partial charge is 0.324 e. The minimum Gasteiger partial charge on any atom is -0.324 e. The monoisotopic (exact) mass is 267 g/mol. The highest BCUT2D eigenvalue weighted by atomic mass is 79.9. The van der Waals surface area contributed by atoms with E-state index >= 15 is 0 Å². The number of aryl methyl sites for hydroxylation is 1. The van der Waals surface area contributed by atoms with E-state index in [0.29, 0.717) is 0 Å². The van der Waals surface area contributed by atoms with Gasteiger partial charge in [-0.05, 0) is 47.0 Å². The molecule has 4 heteroatoms. The van der Waals surface area contributed by atoms with Gasteiger partial charge in [0.25, 0.3) is 0 Å². The van der Waals surface area contributed by atoms with Crippen molar-refractivity contribution in [2.24, 2.45) is 5.73 Å². The summed E-state index contributed by atoms with van der Waals surface area (Å²) in [5, 5.41) is 0. The van der Waals surface area contributed by atoms with Gasteiger partial charge < -0.3 is 5.73 Å². The third kappa shape index (κ3) is 1.79. The molecule has 2 N–H and O–H groups in total. The zero-order valence-corrected chi connectivity index (χ0v) is 10.5. The van der Waals surface area contributed by atoms with Crippen molar-refractivity contribution in [2.45, 2.75) is 26.3 Å². The predicted molar refractivity (Wildman–Crippen MR) is 64.9 cm³/mol. The summed E-state index contributed by atoms with van der Waals surface area (Å²) in [6.07, 6.45) is 2.93. The van der Waals surface area contributed by atoms with Crippen molar-refractivity contribution in [2.75, 3.05) is 0 Å². The van der Waals surface area contributed by atoms with Gasteiger partial charge in [-0.2, -0.15) is 0 Å². The molecule has 0 bridgehead atoms. The van der Waals surface area contributed by atoms with Gasteiger partial charge in [-0.3, -0.25) is 4.40 Å². The van der Waals surface area contributed by atoms with Crippen molar-refractivity contribution < 1.29 is 0 Å². The molecule has 2 heterocycles. The fourth-order valence-electron chi connectivity index (χ4n) is 1.59. The standard InChI is InChI=1S/C11H14BrN3/c1-3-9-11(12)15-5-4-8(7(2)13)6-10(15)14-9/h4-7H,3,13H2,1-2H3. The van der Waals surface area contributed by atoms with Crippen LogP contribution in [0.1, 0.15) is 31.1 Å². The van der Waals surface area contributed by atoms with Gasteiger partial charge in [-0.1, -0.05) is 6.92 Å². The zero-order valence-electron chi connectivity index (χ0n) is 8.87. The number of halogens is 1. The van der Waals surface area contributed by atoms with Gasteiger partial charge in [-0.15, -0.1) is 0 Å². The summed E-state index contributed by atoms with van der Waals surface area (Å²) in [5.41, 5.74) is 8.98. The number of imidazole rings is 1. The topological polar surface area (TPSA) is 43.3 Å². The number of hydrogen-bond acceptors (Lipinski definition) is 2. The smallest absolute Gasteiger partial charge is 0.138 e. The molecule has 0 spiro atoms. The molecule has 80 valence electrons. The number of pyridine rings is 1. The third-order valence-electron chi connectivity index (χ3n) is 2.52. The van der Waals surface area contributed by atoms with E-state index in [2.05, 4.69) is 27.8 Å². The summed E-state index contributed by atoms with van der Waals surface area (Å²) in [4.78, 5) is 4.53. The Morgan fingerprint density at radius 3 is 2.93 bits per heavy atom. The van der Waals surface area contributed by atoms with E-state index < -0.39 is 0 Å². The third-order valence-corrected chi connectivity index (χ3v) is 3.36. The van der Waals surface area contributed by atoms with Crippen molar-refractivity contribution in [1.82, 2.24) is 9.38 Å². The molecule has 2 rings (SSSR count). The van der Waals surface area contributed by atoms with E-state index in [-0.39, 0.29) is 6.04 Å². The summed E-state index contributed by atoms with van der Waals surface area (Å²) in [6.45, 7) is 4.07. The Bertz CT molecular complexity index is 488. The lowest BCUT2D eigenvalue weighted by Gasteiger charge is -2.05. The van der Waals surface area contributed by atoms with Gasteiger partial charge in [0.2, 0.25) is 0 Å². The van der Waals surface area contributed by atoms with Crippen LogP contribution < -0.4 is 5.73 Å². The van der Waals surface area contributed by atoms with Gasteiger partial charge >= 0.3 is 0 Å². The van der Waals surface area contributed by atoms with E-state index in [1.54, 1.807) is 0 Å². The molecule has 0 saturated carbocycles. The van der Waals surface area contributed by atoms with Crippen molar-refractivity contribution in [3.05, 3.63) is 34.2 Å². The van der Waals surface area contributed by atoms with Gasteiger partial charge in [0.05, 0.1) is 5.69 Å². The Labute approximate surface area is 97.4 Å². The van der Waals surface area contributed by atoms with Crippen LogP contribution in [0.15, 0.2) is 22.9 Å². The first kappa shape index (κ1) is 10.6. The number of hydrogen-bond donors (Lipinski definition) is 1. The number of rotatable bonds is 2. The molecule has 2 aromatic rings. The summed E-state index contributed by atoms with van der Waals surface area (Å²) in [7, 11) is 0. The van der Waals surface area contributed by atoms with Gasteiger partial charge in [0, 0.05) is 12.2 Å². The Balaban J connectivity index is 2.63. The first-order valence-corrected chi connectivity index (χ1v) is 5.84. The number of aromatic nitrogens is 2. The highest BCUT2D eigenvalue weighted by Crippen LogP contribution is 2.21. The molecule has 1 unspecified atom stereocenters. The maximum Gasteiger partial charge on any atom is 0.138 e. The fraction of sp³-hybridized carbons (Fsp3) is 0.364. The van der Waals surface area contributed by atoms with E-state index in [4.69, 9.17) is 5.73 Å². The van der Waals surface area contributed by atoms with E-state index in [9.17, 15) is 0 Å². The summed E-state index contributed by atoms with van der Waals surface area (Å²) in [5.74, 6) is 0. The number of fused-ring (bicyclic) bond motifs is 1. The molecule has 0 aliphatic carbocycles. The lowest BCUT2D eigenvalue weighted by atomic mass is 10.1. The fourth-order valence-corrected chi connectivity index (χ4v) is 2.26. The lowest BCUT2D eigenvalue weighted by molar-refractivity contribution is 0.815. The first-order valence-electron chi connectivity index (χ1n) is 5.05. The Morgan fingerprint density at radius 2 is 2.33 bits per heavy atom. The van der Waals surface area contributed by atoms with Gasteiger partial charge in [0.15, 0.2) is 0 Å². The highest BCUT2D eigenvalue weighted by Gasteiger charge is 2.09. The maximum atomic E-state index is 5.83. The van der Waals surface area contributed by atoms with E-state index in [1.165, 1.54) is 0 Å². The van der Waals surface area contributed by atoms with E-state index in [1.807, 2.05) is 29.7 Å². The first-order chi connectivity index (χ1) is 7.13. The van der Waals surface area contributed by atoms with Crippen LogP contribution in [-0.4, -0.2) is 9.38 Å². The average Bonchev–Trinajstić information content (AvgIpc) is 2.55. The molecule has 0 radical (unpaired) electrons. The summed E-state index contributed by atoms with van der Waals surface area (Å²) < 4.78 is 3.07. The zero-order chi connectivity index (χ0) is 11.0. The average molecular weight is 268 g/mol. The van der Waals surface area contributed by atoms with Gasteiger partial charge in [0.1, 0.15) is 10.3 Å². The van der Waals surface area contributed by atoms with Gasteiger partial charge in [-0.25, -0.2) is 4.98 Å². The van der Waals surface area contributed by atoms with Crippen molar-refractivity contribution in [3.8, 4) is 0 Å². The van der Waals surface area contributed by atoms with Crippen LogP contribution in [-0.2, 0) is 6.42 Å². The minimum atomic E-state index is 0.0514. The van der Waals surface area contributed by atoms with Crippen molar-refractivity contribution >= 4 is 21.6 Å². The number of nitrogens with two attached hydrogens (primary N) is 1. The molecule has 0 aliphatic rings. The van der Waals surface area contributed by atoms with Crippen molar-refractivity contribution in [3.63, 3.8) is 0 Å². The second-order valence-corrected chi connectivity index (χ2v) is 4.43. The second-order valence-electron chi connectivity index (χ2n) is 3.68. The Morgan fingerprint density at radius 1 is 1.60 bits per heavy atom. The Kier molecular flexibility index (Phi) is 2.80. The molecule has 0 saturated heterocycles. The molecule has 3 nitrogen and oxygen atoms in total. The predicted octanol–water partition coefficient (Wildman–Crippen LogP) is 2.68. The van der Waals surface area contributed by atoms with Crippen LogP contribution in [0.4, 0.5) is 0 Å². The molecule has 0 fully saturated rings. The van der Waals surface area contributed by atoms with Crippen LogP contribution in [0, 0.1) is 0 Å². The SMILES string of the molecule is CCc1nc2cc(C(C)N)ccn2c1Br. The number of nitrogens with zero attached hydrogens (tertiary/aromatic N) is 2. The van der Waals surface area contributed by atoms with Crippen LogP contribution in [0.25, 0.3) is 5.65 Å². The maximum absolute atomic E-state index is 5.83. The second kappa shape index (κ2) is 3.94. The molecule has 0 aromatic carbocycles. The highest BCUT2D eigenvalue weighted by molar-refractivity contribution is 9.10. The quantitative estimate of drug-likeness (QED) is 0.909. The molecular formula is C11H14BrN3. The molecule has 2 aromatic heterocycles. The van der Waals surface area contributed by atoms with E-state index in [0.717, 1.165) is 27.9 Å². The summed E-state index contributed by atoms with van der Waals surface area (Å²) in [6, 6.07) is 4.12. The Hall–Kier alpha value is -0.870. The molecule has 0 aliphatic heterocycles. The lowest BCUT2D eigenvalue weighted by Crippen LogP contribution is -2.05. The minimum absolute atomic E-state index is 0.0514. The van der Waals surface area contributed by atoms with Crippen LogP contribution in [0.5, 0.6) is 0 Å². The molecule has 1 atom stereocenters. The van der Waals surface area contributed by atoms with Crippen LogP contribution >= 0.6 is 15.9 Å². The molecule has 0 amide bonds. The van der Waals surface area contributed by atoms with Crippen LogP contribution in [0.2, 0.25) is 0 Å². The summed E-state index contributed by atoms with van der Waals surface area (Å²) >= 11 is 3.54.